The van der Waals surface area contributed by atoms with E-state index in [-0.39, 0.29) is 114 Å². The topological polar surface area (TPSA) is 614 Å². The third-order valence-corrected chi connectivity index (χ3v) is 21.0. The predicted molar refractivity (Wildman–Crippen MR) is 429 cm³/mol. The van der Waals surface area contributed by atoms with E-state index in [1.807, 2.05) is 0 Å². The molecule has 116 heavy (non-hydrogen) atoms. The number of H-pyrrole nitrogens is 3. The third-order valence-electron chi connectivity index (χ3n) is 19.7. The number of guanidine groups is 1. The third kappa shape index (κ3) is 28.1. The number of nitrogens with two attached hydrogens (primary N) is 3. The number of unbranched alkanes of at least 4 members (excludes halogenated alkanes) is 1. The van der Waals surface area contributed by atoms with Crippen molar-refractivity contribution >= 4 is 123 Å². The summed E-state index contributed by atoms with van der Waals surface area (Å²) in [6, 6.07) is -3.07. The molecule has 12 amide bonds. The predicted octanol–water partition coefficient (Wildman–Crippen LogP) is -3.10. The Balaban J connectivity index is 1.03. The maximum absolute atomic E-state index is 14.9. The highest BCUT2D eigenvalue weighted by molar-refractivity contribution is 7.98. The number of nitrogens with zero attached hydrogens (tertiary/aromatic N) is 4. The molecule has 0 bridgehead atoms. The van der Waals surface area contributed by atoms with Crippen LogP contribution >= 0.6 is 23.5 Å². The number of aromatic nitrogens is 5. The van der Waals surface area contributed by atoms with Gasteiger partial charge in [-0.3, -0.25) is 67.7 Å². The molecule has 0 aliphatic carbocycles. The van der Waals surface area contributed by atoms with Crippen LogP contribution in [-0.2, 0) is 92.8 Å². The largest absolute Gasteiger partial charge is 0.481 e. The SMILES string of the molecule is CSCC[C@H](NC(=O)[C@H](C)NC(=O)[C@H](CCCCN)NC(=O)[C@H](Cc1c[nH]cn1)NC(=O)[C@H](Cc1ccccc1)NC(=O)[C@H](CC(=O)O)NC(=O)[C@H](CCSC)NC(=O)[C@@H]1CCCN1C(=O)[C@@H]1CCCN1C(=O)[C@@H](N)Cc1c[nH]cn1)C(=O)N[C@H](C(=O)N[C@@H](CCCNC(=N)N)C(=O)N[C@@H](Cc1c[nH]c2ccccc12)C(=O)O)[C@@H](C)O. The number of hydrogen-bond acceptors (Lipinski definition) is 22. The number of benzene rings is 2. The van der Waals surface area contributed by atoms with E-state index in [4.69, 9.17) is 22.6 Å². The minimum Gasteiger partial charge on any atom is -0.481 e. The molecule has 2 fully saturated rings. The summed E-state index contributed by atoms with van der Waals surface area (Å²) in [7, 11) is 0. The van der Waals surface area contributed by atoms with Gasteiger partial charge in [0.25, 0.3) is 0 Å². The molecule has 7 rings (SSSR count). The van der Waals surface area contributed by atoms with Crippen LogP contribution in [0.4, 0.5) is 0 Å². The van der Waals surface area contributed by atoms with Gasteiger partial charge in [0.2, 0.25) is 70.9 Å². The van der Waals surface area contributed by atoms with Crippen molar-refractivity contribution in [3.05, 3.63) is 108 Å². The number of rotatable bonds is 48. The number of thioether (sulfide) groups is 2. The van der Waals surface area contributed by atoms with E-state index in [1.165, 1.54) is 66.0 Å². The Hall–Kier alpha value is -11.2. The first-order chi connectivity index (χ1) is 55.5. The molecule has 24 N–H and O–H groups in total. The fourth-order valence-electron chi connectivity index (χ4n) is 13.5. The fraction of sp³-hybridized carbons (Fsp3) is 0.533. The van der Waals surface area contributed by atoms with Crippen molar-refractivity contribution in [2.75, 3.05) is 50.2 Å². The first-order valence-electron chi connectivity index (χ1n) is 38.3. The van der Waals surface area contributed by atoms with E-state index in [1.54, 1.807) is 79.5 Å². The molecule has 2 aliphatic rings. The molecule has 2 aromatic carbocycles. The van der Waals surface area contributed by atoms with Crippen molar-refractivity contribution < 1.29 is 82.4 Å². The van der Waals surface area contributed by atoms with Crippen LogP contribution in [0.25, 0.3) is 10.9 Å². The van der Waals surface area contributed by atoms with Crippen molar-refractivity contribution in [2.45, 2.75) is 201 Å². The summed E-state index contributed by atoms with van der Waals surface area (Å²) in [5, 5.41) is 68.0. The first kappa shape index (κ1) is 92.0. The minimum absolute atomic E-state index is 0.0188. The normalized spacial score (nSPS) is 17.0. The van der Waals surface area contributed by atoms with Crippen LogP contribution in [0.5, 0.6) is 0 Å². The number of carbonyl (C=O) groups is 14. The molecular formula is C75H108N22O17S2. The smallest absolute Gasteiger partial charge is 0.326 e. The number of hydrogen-bond donors (Lipinski definition) is 21. The van der Waals surface area contributed by atoms with E-state index < -0.39 is 174 Å². The molecule has 5 heterocycles. The van der Waals surface area contributed by atoms with Gasteiger partial charge >= 0.3 is 11.9 Å². The van der Waals surface area contributed by atoms with Crippen LogP contribution in [-0.4, -0.2) is 274 Å². The van der Waals surface area contributed by atoms with Crippen molar-refractivity contribution in [1.29, 1.82) is 5.41 Å². The lowest BCUT2D eigenvalue weighted by molar-refractivity contribution is -0.147. The van der Waals surface area contributed by atoms with Gasteiger partial charge in [-0.25, -0.2) is 14.8 Å². The van der Waals surface area contributed by atoms with Gasteiger partial charge in [0, 0.05) is 74.8 Å². The number of fused-ring (bicyclic) bond motifs is 1. The number of imidazole rings is 2. The number of aliphatic hydroxyl groups excluding tert-OH is 1. The molecular weight excluding hydrogens is 1550 g/mol. The number of aromatic amines is 3. The van der Waals surface area contributed by atoms with Crippen LogP contribution in [0, 0.1) is 5.41 Å². The molecule has 2 saturated heterocycles. The first-order valence-corrected chi connectivity index (χ1v) is 41.1. The Morgan fingerprint density at radius 3 is 1.66 bits per heavy atom. The zero-order valence-corrected chi connectivity index (χ0v) is 66.7. The van der Waals surface area contributed by atoms with Gasteiger partial charge in [0.1, 0.15) is 72.5 Å². The van der Waals surface area contributed by atoms with Crippen molar-refractivity contribution in [3.63, 3.8) is 0 Å². The zero-order chi connectivity index (χ0) is 84.5. The number of amides is 12. The highest BCUT2D eigenvalue weighted by atomic mass is 32.2. The molecule has 3 aromatic heterocycles. The molecule has 0 spiro atoms. The van der Waals surface area contributed by atoms with Gasteiger partial charge in [-0.2, -0.15) is 23.5 Å². The maximum atomic E-state index is 14.9. The van der Waals surface area contributed by atoms with Gasteiger partial charge in [-0.15, -0.1) is 0 Å². The Bertz CT molecular complexity index is 4160. The van der Waals surface area contributed by atoms with Gasteiger partial charge in [-0.05, 0) is 132 Å². The van der Waals surface area contributed by atoms with E-state index in [0.29, 0.717) is 48.3 Å². The Labute approximate surface area is 678 Å². The number of carbonyl (C=O) groups excluding carboxylic acids is 12. The maximum Gasteiger partial charge on any atom is 0.326 e. The quantitative estimate of drug-likeness (QED) is 0.0104. The average molecular weight is 1650 g/mol. The second-order valence-corrected chi connectivity index (χ2v) is 30.5. The van der Waals surface area contributed by atoms with Gasteiger partial charge in [0.15, 0.2) is 5.96 Å². The highest BCUT2D eigenvalue weighted by Gasteiger charge is 2.45. The fourth-order valence-corrected chi connectivity index (χ4v) is 14.4. The lowest BCUT2D eigenvalue weighted by atomic mass is 10.0. The second kappa shape index (κ2) is 46.4. The minimum atomic E-state index is -1.89. The summed E-state index contributed by atoms with van der Waals surface area (Å²) in [4.78, 5) is 217. The van der Waals surface area contributed by atoms with Gasteiger partial charge in [0.05, 0.1) is 42.6 Å². The molecule has 41 heteroatoms. The lowest BCUT2D eigenvalue weighted by Gasteiger charge is -2.32. The Kier molecular flexibility index (Phi) is 36.8. The van der Waals surface area contributed by atoms with E-state index >= 15 is 0 Å². The molecule has 2 aliphatic heterocycles. The number of carboxylic acids is 2. The summed E-state index contributed by atoms with van der Waals surface area (Å²) in [6.45, 7) is 3.15. The van der Waals surface area contributed by atoms with Crippen molar-refractivity contribution in [2.24, 2.45) is 17.2 Å². The molecule has 0 unspecified atom stereocenters. The number of carboxylic acid groups (broad SMARTS) is 2. The number of para-hydroxylation sites is 1. The zero-order valence-electron chi connectivity index (χ0n) is 65.1. The molecule has 39 nitrogen and oxygen atoms in total. The van der Waals surface area contributed by atoms with E-state index in [0.717, 1.165) is 10.9 Å². The summed E-state index contributed by atoms with van der Waals surface area (Å²) in [5.41, 5.74) is 20.2. The molecule has 5 aromatic rings. The molecule has 632 valence electrons. The number of aliphatic hydroxyl groups is 1. The average Bonchev–Trinajstić information content (AvgIpc) is 1.64. The van der Waals surface area contributed by atoms with E-state index in [2.05, 4.69) is 83.4 Å². The van der Waals surface area contributed by atoms with Gasteiger partial charge in [-0.1, -0.05) is 48.5 Å². The molecule has 0 radical (unpaired) electrons. The number of likely N-dealkylation sites (tertiary alicyclic amines) is 2. The summed E-state index contributed by atoms with van der Waals surface area (Å²) in [5.74, 6) is -13.2. The van der Waals surface area contributed by atoms with Crippen LogP contribution in [0.2, 0.25) is 0 Å². The van der Waals surface area contributed by atoms with Crippen molar-refractivity contribution in [3.8, 4) is 0 Å². The molecule has 0 saturated carbocycles. The van der Waals surface area contributed by atoms with Crippen LogP contribution in [0.1, 0.15) is 113 Å². The Morgan fingerprint density at radius 1 is 0.560 bits per heavy atom. The van der Waals surface area contributed by atoms with Crippen molar-refractivity contribution in [1.82, 2.24) is 93.2 Å². The number of aliphatic carboxylic acids is 2. The van der Waals surface area contributed by atoms with Gasteiger partial charge < -0.3 is 116 Å². The second-order valence-electron chi connectivity index (χ2n) is 28.5. The number of nitrogens with one attached hydrogen (secondary N) is 15. The lowest BCUT2D eigenvalue weighted by Crippen LogP contribution is -2.61. The van der Waals surface area contributed by atoms with E-state index in [9.17, 15) is 82.4 Å². The highest BCUT2D eigenvalue weighted by Crippen LogP contribution is 2.27. The standard InChI is InChI=1S/C75H108N22O17S2/c1-41(62(101)87-53(24-30-116-4)66(105)95-61(42(2)98)71(110)90-51(20-12-26-82-75(78)79)64(103)94-57(74(113)114)32-44-36-83-49-18-9-8-17-47(44)49)86-63(102)50(19-10-11-25-76)88-68(107)55(34-46-38-81-40-85-46)92-67(106)54(31-43-15-6-5-7-16-43)91-69(108)56(35-60(99)100)93-65(104)52(23-29-115-3)89-70(109)58-21-13-27-96(58)73(112)59-22-14-28-97(59)72(111)48(77)33-45-37-80-39-84-45/h5-9,15-18,36-42,48,50-59,61,83,98H,10-14,19-35,76-77H2,1-4H3,(H,80,84)(H,81,85)(H,86,102)(H,87,101)(H,88,107)(H,89,109)(H,90,110)(H,91,108)(H,92,106)(H,93,104)(H,94,103)(H,95,105)(H,99,100)(H,113,114)(H4,78,79,82)/t41-,42+,48-,50-,51-,52-,53-,54-,55-,56-,57-,58-,59-,61-/m0/s1. The van der Waals surface area contributed by atoms with Crippen LogP contribution in [0.15, 0.2) is 85.8 Å². The monoisotopic (exact) mass is 1650 g/mol. The Morgan fingerprint density at radius 2 is 1.07 bits per heavy atom. The summed E-state index contributed by atoms with van der Waals surface area (Å²) in [6.07, 6.45) is 9.51. The summed E-state index contributed by atoms with van der Waals surface area (Å²) >= 11 is 2.62. The molecule has 14 atom stereocenters. The van der Waals surface area contributed by atoms with Crippen LogP contribution < -0.4 is 75.7 Å². The summed E-state index contributed by atoms with van der Waals surface area (Å²) < 4.78 is 0. The van der Waals surface area contributed by atoms with Crippen LogP contribution in [0.3, 0.4) is 0 Å².